The Balaban J connectivity index is 2.96. The molecule has 0 aliphatic rings. The van der Waals surface area contributed by atoms with Crippen LogP contribution in [0.5, 0.6) is 0 Å². The Morgan fingerprint density at radius 1 is 1.47 bits per heavy atom. The first-order valence-corrected chi connectivity index (χ1v) is 6.54. The number of benzene rings is 1. The van der Waals surface area contributed by atoms with Gasteiger partial charge in [-0.15, -0.1) is 0 Å². The van der Waals surface area contributed by atoms with Crippen LogP contribution >= 0.6 is 27.5 Å². The van der Waals surface area contributed by atoms with Crippen LogP contribution in [0.3, 0.4) is 0 Å². The molecular weight excluding hydrogens is 350 g/mol. The van der Waals surface area contributed by atoms with E-state index in [2.05, 4.69) is 21.2 Å². The molecule has 0 aliphatic heterocycles. The molecule has 19 heavy (non-hydrogen) atoms. The van der Waals surface area contributed by atoms with Crippen molar-refractivity contribution in [2.45, 2.75) is 18.7 Å². The Labute approximate surface area is 120 Å². The maximum Gasteiger partial charge on any atom is 0.416 e. The van der Waals surface area contributed by atoms with Crippen molar-refractivity contribution in [2.75, 3.05) is 10.6 Å². The van der Waals surface area contributed by atoms with Crippen molar-refractivity contribution in [2.24, 2.45) is 0 Å². The van der Waals surface area contributed by atoms with Gasteiger partial charge in [0.05, 0.1) is 16.3 Å². The molecule has 0 aliphatic carbocycles. The number of carbonyl (C=O) groups excluding carboxylic acids is 1. The topological polar surface area (TPSA) is 49.3 Å². The van der Waals surface area contributed by atoms with Gasteiger partial charge in [0.15, 0.2) is 0 Å². The third-order valence-corrected chi connectivity index (χ3v) is 3.70. The third kappa shape index (κ3) is 4.09. The molecule has 8 heteroatoms. The fraction of sp³-hybridized carbons (Fsp3) is 0.364. The van der Waals surface area contributed by atoms with E-state index in [9.17, 15) is 23.1 Å². The van der Waals surface area contributed by atoms with Crippen LogP contribution in [0.4, 0.5) is 18.9 Å². The molecule has 0 spiro atoms. The first-order valence-electron chi connectivity index (χ1n) is 5.04. The van der Waals surface area contributed by atoms with Gasteiger partial charge in [0.1, 0.15) is 5.60 Å². The molecule has 0 unspecified atom stereocenters. The second kappa shape index (κ2) is 5.68. The fourth-order valence-corrected chi connectivity index (χ4v) is 1.59. The van der Waals surface area contributed by atoms with E-state index in [0.717, 1.165) is 12.1 Å². The molecule has 0 radical (unpaired) electrons. The van der Waals surface area contributed by atoms with E-state index in [1.54, 1.807) is 0 Å². The Bertz CT molecular complexity index is 491. The second-order valence-electron chi connectivity index (χ2n) is 4.05. The highest BCUT2D eigenvalue weighted by atomic mass is 79.9. The van der Waals surface area contributed by atoms with Crippen molar-refractivity contribution in [1.29, 1.82) is 0 Å². The van der Waals surface area contributed by atoms with Crippen LogP contribution in [-0.4, -0.2) is 21.9 Å². The molecule has 0 fully saturated rings. The van der Waals surface area contributed by atoms with E-state index in [1.807, 2.05) is 0 Å². The molecule has 0 aromatic heterocycles. The van der Waals surface area contributed by atoms with E-state index in [0.29, 0.717) is 6.07 Å². The lowest BCUT2D eigenvalue weighted by Crippen LogP contribution is -2.41. The van der Waals surface area contributed by atoms with Gasteiger partial charge in [-0.3, -0.25) is 4.79 Å². The zero-order valence-electron chi connectivity index (χ0n) is 9.68. The first kappa shape index (κ1) is 16.3. The smallest absolute Gasteiger partial charge is 0.379 e. The highest BCUT2D eigenvalue weighted by Crippen LogP contribution is 2.33. The minimum absolute atomic E-state index is 0.000826. The predicted molar refractivity (Wildman–Crippen MR) is 69.5 cm³/mol. The molecule has 0 bridgehead atoms. The van der Waals surface area contributed by atoms with Crippen molar-refractivity contribution >= 4 is 39.1 Å². The minimum Gasteiger partial charge on any atom is -0.379 e. The zero-order valence-corrected chi connectivity index (χ0v) is 12.0. The molecule has 1 rings (SSSR count). The number of halogens is 5. The lowest BCUT2D eigenvalue weighted by atomic mass is 10.1. The standard InChI is InChI=1S/C11H10BrClF3NO2/c1-10(19,5-12)9(18)17-8-3-2-6(4-7(8)13)11(14,15)16/h2-4,19H,5H2,1H3,(H,17,18)/t10-/m0/s1. The number of rotatable bonds is 3. The SMILES string of the molecule is C[C@](O)(CBr)C(=O)Nc1ccc(C(F)(F)F)cc1Cl. The van der Waals surface area contributed by atoms with Gasteiger partial charge in [-0.1, -0.05) is 27.5 Å². The average Bonchev–Trinajstić information content (AvgIpc) is 2.30. The second-order valence-corrected chi connectivity index (χ2v) is 5.02. The molecule has 2 N–H and O–H groups in total. The minimum atomic E-state index is -4.51. The number of nitrogens with one attached hydrogen (secondary N) is 1. The van der Waals surface area contributed by atoms with Gasteiger partial charge < -0.3 is 10.4 Å². The van der Waals surface area contributed by atoms with Crippen LogP contribution in [0.1, 0.15) is 12.5 Å². The monoisotopic (exact) mass is 359 g/mol. The van der Waals surface area contributed by atoms with Crippen molar-refractivity contribution in [3.05, 3.63) is 28.8 Å². The molecule has 106 valence electrons. The lowest BCUT2D eigenvalue weighted by Gasteiger charge is -2.20. The normalized spacial score (nSPS) is 14.9. The van der Waals surface area contributed by atoms with Gasteiger partial charge in [0, 0.05) is 5.33 Å². The number of aliphatic hydroxyl groups is 1. The fourth-order valence-electron chi connectivity index (χ4n) is 1.11. The quantitative estimate of drug-likeness (QED) is 0.811. The molecule has 3 nitrogen and oxygen atoms in total. The first-order chi connectivity index (χ1) is 8.58. The van der Waals surface area contributed by atoms with Gasteiger partial charge in [-0.05, 0) is 25.1 Å². The number of carbonyl (C=O) groups is 1. The molecule has 1 amide bonds. The van der Waals surface area contributed by atoms with Crippen LogP contribution in [0, 0.1) is 0 Å². The Hall–Kier alpha value is -0.790. The maximum absolute atomic E-state index is 12.4. The molecule has 0 saturated carbocycles. The molecule has 1 aromatic rings. The van der Waals surface area contributed by atoms with Crippen LogP contribution in [0.15, 0.2) is 18.2 Å². The summed E-state index contributed by atoms with van der Waals surface area (Å²) >= 11 is 8.61. The van der Waals surface area contributed by atoms with Crippen molar-refractivity contribution in [1.82, 2.24) is 0 Å². The number of anilines is 1. The number of hydrogen-bond donors (Lipinski definition) is 2. The van der Waals surface area contributed by atoms with E-state index in [-0.39, 0.29) is 16.0 Å². The van der Waals surface area contributed by atoms with E-state index in [1.165, 1.54) is 6.92 Å². The third-order valence-electron chi connectivity index (χ3n) is 2.29. The number of hydrogen-bond acceptors (Lipinski definition) is 2. The zero-order chi connectivity index (χ0) is 14.8. The number of amides is 1. The summed E-state index contributed by atoms with van der Waals surface area (Å²) in [6.45, 7) is 1.26. The highest BCUT2D eigenvalue weighted by Gasteiger charge is 2.32. The average molecular weight is 361 g/mol. The van der Waals surface area contributed by atoms with E-state index in [4.69, 9.17) is 11.6 Å². The van der Waals surface area contributed by atoms with Crippen LogP contribution < -0.4 is 5.32 Å². The summed E-state index contributed by atoms with van der Waals surface area (Å²) in [4.78, 5) is 11.6. The van der Waals surface area contributed by atoms with Gasteiger partial charge in [-0.2, -0.15) is 13.2 Å². The maximum atomic E-state index is 12.4. The Morgan fingerprint density at radius 2 is 2.05 bits per heavy atom. The van der Waals surface area contributed by atoms with Gasteiger partial charge in [0.25, 0.3) is 5.91 Å². The summed E-state index contributed by atoms with van der Waals surface area (Å²) in [6.07, 6.45) is -4.51. The van der Waals surface area contributed by atoms with E-state index < -0.39 is 23.2 Å². The van der Waals surface area contributed by atoms with Gasteiger partial charge in [0.2, 0.25) is 0 Å². The van der Waals surface area contributed by atoms with Crippen LogP contribution in [0.25, 0.3) is 0 Å². The summed E-state index contributed by atoms with van der Waals surface area (Å²) in [5, 5.41) is 11.6. The summed E-state index contributed by atoms with van der Waals surface area (Å²) in [6, 6.07) is 2.54. The van der Waals surface area contributed by atoms with E-state index >= 15 is 0 Å². The summed E-state index contributed by atoms with van der Waals surface area (Å²) in [5.41, 5.74) is -2.60. The molecule has 0 heterocycles. The van der Waals surface area contributed by atoms with Crippen LogP contribution in [-0.2, 0) is 11.0 Å². The molecule has 1 aromatic carbocycles. The summed E-state index contributed by atoms with van der Waals surface area (Å²) in [5.74, 6) is -0.772. The van der Waals surface area contributed by atoms with Crippen molar-refractivity contribution in [3.63, 3.8) is 0 Å². The predicted octanol–water partition coefficient (Wildman–Crippen LogP) is 3.44. The molecular formula is C11H10BrClF3NO2. The van der Waals surface area contributed by atoms with Crippen molar-refractivity contribution in [3.8, 4) is 0 Å². The molecule has 1 atom stereocenters. The van der Waals surface area contributed by atoms with Gasteiger partial charge >= 0.3 is 6.18 Å². The summed E-state index contributed by atoms with van der Waals surface area (Å²) in [7, 11) is 0. The lowest BCUT2D eigenvalue weighted by molar-refractivity contribution is -0.137. The Kier molecular flexibility index (Phi) is 4.86. The Morgan fingerprint density at radius 3 is 2.47 bits per heavy atom. The number of alkyl halides is 4. The van der Waals surface area contributed by atoms with Crippen molar-refractivity contribution < 1.29 is 23.1 Å². The highest BCUT2D eigenvalue weighted by molar-refractivity contribution is 9.09. The largest absolute Gasteiger partial charge is 0.416 e. The molecule has 0 saturated heterocycles. The summed E-state index contributed by atoms with van der Waals surface area (Å²) < 4.78 is 37.2. The van der Waals surface area contributed by atoms with Gasteiger partial charge in [-0.25, -0.2) is 0 Å². The van der Waals surface area contributed by atoms with Crippen LogP contribution in [0.2, 0.25) is 5.02 Å².